The van der Waals surface area contributed by atoms with E-state index in [0.717, 1.165) is 18.4 Å². The van der Waals surface area contributed by atoms with Crippen LogP contribution in [0.25, 0.3) is 11.2 Å². The molecule has 0 N–H and O–H groups in total. The average Bonchev–Trinajstić information content (AvgIpc) is 3.12. The van der Waals surface area contributed by atoms with E-state index in [4.69, 9.17) is 14.2 Å². The second-order valence-electron chi connectivity index (χ2n) is 7.76. The number of hydrogen-bond acceptors (Lipinski definition) is 6. The Labute approximate surface area is 186 Å². The molecule has 4 rings (SSSR count). The van der Waals surface area contributed by atoms with Crippen LogP contribution in [0, 0.1) is 0 Å². The van der Waals surface area contributed by atoms with Gasteiger partial charge in [0.1, 0.15) is 0 Å². The van der Waals surface area contributed by atoms with Gasteiger partial charge >= 0.3 is 5.69 Å². The summed E-state index contributed by atoms with van der Waals surface area (Å²) >= 11 is 0. The maximum Gasteiger partial charge on any atom is 0.330 e. The molecule has 9 heteroatoms. The van der Waals surface area contributed by atoms with Crippen LogP contribution in [0.15, 0.2) is 41.3 Å². The topological polar surface area (TPSA) is 87.8 Å². The van der Waals surface area contributed by atoms with Crippen LogP contribution < -0.4 is 15.2 Å². The summed E-state index contributed by atoms with van der Waals surface area (Å²) in [5.41, 5.74) is 1.81. The van der Waals surface area contributed by atoms with Gasteiger partial charge in [-0.3, -0.25) is 13.9 Å². The summed E-state index contributed by atoms with van der Waals surface area (Å²) in [7, 11) is 4.71. The number of ether oxygens (including phenoxy) is 3. The van der Waals surface area contributed by atoms with Crippen molar-refractivity contribution in [2.24, 2.45) is 0 Å². The normalized spacial score (nSPS) is 16.3. The zero-order valence-electron chi connectivity index (χ0n) is 18.6. The predicted octanol–water partition coefficient (Wildman–Crippen LogP) is 2.34. The number of nitrogens with zero attached hydrogens (tertiary/aromatic N) is 4. The van der Waals surface area contributed by atoms with Crippen LogP contribution in [0.4, 0.5) is 0 Å². The number of pyridine rings is 1. The molecule has 9 nitrogen and oxygen atoms in total. The number of aromatic nitrogens is 3. The fraction of sp³-hybridized carbons (Fsp3) is 0.435. The number of carbonyl (C=O) groups excluding carboxylic acids is 1. The highest BCUT2D eigenvalue weighted by molar-refractivity contribution is 5.95. The van der Waals surface area contributed by atoms with Crippen LogP contribution in [0.5, 0.6) is 11.5 Å². The Balaban J connectivity index is 1.64. The van der Waals surface area contributed by atoms with Gasteiger partial charge in [0, 0.05) is 32.0 Å². The first-order chi connectivity index (χ1) is 15.6. The summed E-state index contributed by atoms with van der Waals surface area (Å²) in [5.74, 6) is 0.982. The molecule has 1 aliphatic heterocycles. The van der Waals surface area contributed by atoms with Crippen molar-refractivity contribution in [3.05, 3.63) is 52.6 Å². The van der Waals surface area contributed by atoms with Crippen molar-refractivity contribution in [2.45, 2.75) is 25.4 Å². The zero-order chi connectivity index (χ0) is 22.7. The monoisotopic (exact) mass is 440 g/mol. The highest BCUT2D eigenvalue weighted by Gasteiger charge is 2.29. The SMILES string of the molecule is COCCn1c(=O)n([C@H]2CCCN(C(=O)c3ccc(OC)c(OC)c3)C2)c2ncccc21. The number of piperidine rings is 1. The van der Waals surface area contributed by atoms with Gasteiger partial charge in [-0.05, 0) is 43.2 Å². The van der Waals surface area contributed by atoms with Crippen molar-refractivity contribution in [1.29, 1.82) is 0 Å². The minimum absolute atomic E-state index is 0.0974. The van der Waals surface area contributed by atoms with Crippen LogP contribution in [-0.4, -0.2) is 66.0 Å². The summed E-state index contributed by atoms with van der Waals surface area (Å²) in [4.78, 5) is 32.8. The number of rotatable bonds is 7. The van der Waals surface area contributed by atoms with Gasteiger partial charge in [-0.25, -0.2) is 9.78 Å². The van der Waals surface area contributed by atoms with Crippen LogP contribution in [0.2, 0.25) is 0 Å². The van der Waals surface area contributed by atoms with E-state index in [1.165, 1.54) is 0 Å². The predicted molar refractivity (Wildman–Crippen MR) is 120 cm³/mol. The summed E-state index contributed by atoms with van der Waals surface area (Å²) < 4.78 is 19.2. The Hall–Kier alpha value is -3.33. The van der Waals surface area contributed by atoms with E-state index in [0.29, 0.717) is 49.0 Å². The van der Waals surface area contributed by atoms with Crippen molar-refractivity contribution in [2.75, 3.05) is 41.0 Å². The Kier molecular flexibility index (Phi) is 6.45. The van der Waals surface area contributed by atoms with Crippen molar-refractivity contribution >= 4 is 17.1 Å². The summed E-state index contributed by atoms with van der Waals surface area (Å²) in [5, 5.41) is 0. The molecule has 0 spiro atoms. The number of benzene rings is 1. The Bertz CT molecular complexity index is 1170. The van der Waals surface area contributed by atoms with Gasteiger partial charge in [-0.2, -0.15) is 0 Å². The van der Waals surface area contributed by atoms with Crippen molar-refractivity contribution in [3.8, 4) is 11.5 Å². The van der Waals surface area contributed by atoms with Crippen molar-refractivity contribution < 1.29 is 19.0 Å². The average molecular weight is 441 g/mol. The fourth-order valence-electron chi connectivity index (χ4n) is 4.34. The molecule has 3 aromatic rings. The van der Waals surface area contributed by atoms with Crippen LogP contribution in [-0.2, 0) is 11.3 Å². The molecule has 2 aromatic heterocycles. The summed E-state index contributed by atoms with van der Waals surface area (Å²) in [6, 6.07) is 8.72. The Morgan fingerprint density at radius 2 is 1.97 bits per heavy atom. The van der Waals surface area contributed by atoms with Gasteiger partial charge in [0.25, 0.3) is 5.91 Å². The molecule has 0 bridgehead atoms. The number of imidazole rings is 1. The quantitative estimate of drug-likeness (QED) is 0.560. The maximum absolute atomic E-state index is 13.3. The molecule has 0 unspecified atom stereocenters. The minimum Gasteiger partial charge on any atom is -0.493 e. The van der Waals surface area contributed by atoms with Crippen LogP contribution in [0.3, 0.4) is 0 Å². The van der Waals surface area contributed by atoms with Gasteiger partial charge in [0.15, 0.2) is 17.1 Å². The molecular weight excluding hydrogens is 412 g/mol. The standard InChI is InChI=1S/C23H28N4O5/c1-30-13-12-26-18-7-4-10-24-21(18)27(23(26)29)17-6-5-11-25(15-17)22(28)16-8-9-19(31-2)20(14-16)32-3/h4,7-10,14,17H,5-6,11-13,15H2,1-3H3/t17-/m0/s1. The van der Waals surface area contributed by atoms with Crippen molar-refractivity contribution in [1.82, 2.24) is 19.0 Å². The van der Waals surface area contributed by atoms with E-state index in [9.17, 15) is 9.59 Å². The third-order valence-electron chi connectivity index (χ3n) is 5.92. The molecule has 1 fully saturated rings. The van der Waals surface area contributed by atoms with E-state index in [-0.39, 0.29) is 17.6 Å². The number of amides is 1. The van der Waals surface area contributed by atoms with E-state index >= 15 is 0 Å². The number of likely N-dealkylation sites (tertiary alicyclic amines) is 1. The van der Waals surface area contributed by atoms with E-state index in [2.05, 4.69) is 4.98 Å². The van der Waals surface area contributed by atoms with E-state index in [1.54, 1.807) is 59.8 Å². The number of carbonyl (C=O) groups is 1. The molecule has 32 heavy (non-hydrogen) atoms. The second kappa shape index (κ2) is 9.44. The third kappa shape index (κ3) is 3.95. The van der Waals surface area contributed by atoms with Gasteiger partial charge in [0.05, 0.1) is 38.9 Å². The highest BCUT2D eigenvalue weighted by Crippen LogP contribution is 2.30. The molecule has 0 radical (unpaired) electrons. The zero-order valence-corrected chi connectivity index (χ0v) is 18.6. The van der Waals surface area contributed by atoms with Gasteiger partial charge in [0.2, 0.25) is 0 Å². The summed E-state index contributed by atoms with van der Waals surface area (Å²) in [6.45, 7) is 1.95. The molecule has 3 heterocycles. The lowest BCUT2D eigenvalue weighted by Crippen LogP contribution is -2.43. The number of fused-ring (bicyclic) bond motifs is 1. The molecular formula is C23H28N4O5. The van der Waals surface area contributed by atoms with Gasteiger partial charge in [-0.1, -0.05) is 0 Å². The number of methoxy groups -OCH3 is 3. The largest absolute Gasteiger partial charge is 0.493 e. The lowest BCUT2D eigenvalue weighted by molar-refractivity contribution is 0.0678. The molecule has 1 aliphatic rings. The molecule has 0 saturated carbocycles. The molecule has 1 aromatic carbocycles. The van der Waals surface area contributed by atoms with Gasteiger partial charge < -0.3 is 19.1 Å². The Morgan fingerprint density at radius 3 is 2.72 bits per heavy atom. The third-order valence-corrected chi connectivity index (χ3v) is 5.92. The lowest BCUT2D eigenvalue weighted by atomic mass is 10.0. The first-order valence-corrected chi connectivity index (χ1v) is 10.6. The lowest BCUT2D eigenvalue weighted by Gasteiger charge is -2.33. The van der Waals surface area contributed by atoms with E-state index < -0.39 is 0 Å². The highest BCUT2D eigenvalue weighted by atomic mass is 16.5. The minimum atomic E-state index is -0.151. The second-order valence-corrected chi connectivity index (χ2v) is 7.76. The van der Waals surface area contributed by atoms with Crippen LogP contribution >= 0.6 is 0 Å². The molecule has 0 aliphatic carbocycles. The Morgan fingerprint density at radius 1 is 1.16 bits per heavy atom. The molecule has 1 saturated heterocycles. The van der Waals surface area contributed by atoms with Crippen molar-refractivity contribution in [3.63, 3.8) is 0 Å². The van der Waals surface area contributed by atoms with Crippen LogP contribution in [0.1, 0.15) is 29.2 Å². The molecule has 1 amide bonds. The first-order valence-electron chi connectivity index (χ1n) is 10.6. The first kappa shape index (κ1) is 21.9. The maximum atomic E-state index is 13.3. The summed E-state index contributed by atoms with van der Waals surface area (Å²) in [6.07, 6.45) is 3.29. The smallest absolute Gasteiger partial charge is 0.330 e. The molecule has 1 atom stereocenters. The fourth-order valence-corrected chi connectivity index (χ4v) is 4.34. The van der Waals surface area contributed by atoms with Gasteiger partial charge in [-0.15, -0.1) is 0 Å². The molecule has 170 valence electrons. The number of hydrogen-bond donors (Lipinski definition) is 0. The van der Waals surface area contributed by atoms with E-state index in [1.807, 2.05) is 12.1 Å².